The molecule has 1 rings (SSSR count). The van der Waals surface area contributed by atoms with Gasteiger partial charge in [-0.25, -0.2) is 0 Å². The Bertz CT molecular complexity index is 178. The molecule has 1 saturated heterocycles. The van der Waals surface area contributed by atoms with Gasteiger partial charge in [0.2, 0.25) is 0 Å². The molecule has 2 nitrogen and oxygen atoms in total. The highest BCUT2D eigenvalue weighted by atomic mass is 32.2. The van der Waals surface area contributed by atoms with Crippen LogP contribution in [0.1, 0.15) is 64.7 Å². The van der Waals surface area contributed by atoms with Crippen LogP contribution < -0.4 is 5.32 Å². The molecule has 0 radical (unpaired) electrons. The van der Waals surface area contributed by atoms with Gasteiger partial charge in [-0.15, -0.1) is 0 Å². The van der Waals surface area contributed by atoms with Crippen LogP contribution in [0.5, 0.6) is 0 Å². The molecule has 1 aliphatic rings. The quantitative estimate of drug-likeness (QED) is 0.589. The minimum Gasteiger partial charge on any atom is -0.379 e. The Morgan fingerprint density at radius 3 is 2.41 bits per heavy atom. The molecule has 2 N–H and O–H groups in total. The van der Waals surface area contributed by atoms with E-state index in [1.807, 2.05) is 11.8 Å². The van der Waals surface area contributed by atoms with E-state index in [0.29, 0.717) is 6.04 Å². The number of thioether (sulfide) groups is 1. The third-order valence-electron chi connectivity index (χ3n) is 3.43. The van der Waals surface area contributed by atoms with E-state index in [1.54, 1.807) is 0 Å². The second-order valence-corrected chi connectivity index (χ2v) is 6.30. The van der Waals surface area contributed by atoms with E-state index in [9.17, 15) is 5.11 Å². The van der Waals surface area contributed by atoms with Gasteiger partial charge in [0.15, 0.2) is 0 Å². The van der Waals surface area contributed by atoms with Gasteiger partial charge >= 0.3 is 0 Å². The largest absolute Gasteiger partial charge is 0.379 e. The zero-order valence-corrected chi connectivity index (χ0v) is 12.1. The van der Waals surface area contributed by atoms with E-state index in [0.717, 1.165) is 12.8 Å². The van der Waals surface area contributed by atoms with Gasteiger partial charge in [0.25, 0.3) is 0 Å². The molecule has 17 heavy (non-hydrogen) atoms. The summed E-state index contributed by atoms with van der Waals surface area (Å²) in [7, 11) is 0. The van der Waals surface area contributed by atoms with E-state index in [4.69, 9.17) is 0 Å². The summed E-state index contributed by atoms with van der Waals surface area (Å²) >= 11 is 2.05. The van der Waals surface area contributed by atoms with Gasteiger partial charge in [-0.3, -0.25) is 5.32 Å². The molecule has 2 unspecified atom stereocenters. The van der Waals surface area contributed by atoms with E-state index < -0.39 is 0 Å². The molecule has 0 spiro atoms. The number of aliphatic hydroxyl groups excluding tert-OH is 1. The highest BCUT2D eigenvalue weighted by molar-refractivity contribution is 7.99. The SMILES string of the molecule is CCCCCCCCCSCC1CCC(O)N1. The standard InChI is InChI=1S/C14H29NOS/c1-2-3-4-5-6-7-8-11-17-12-13-9-10-14(16)15-13/h13-16H,2-12H2,1H3. The van der Waals surface area contributed by atoms with Crippen molar-refractivity contribution in [1.29, 1.82) is 0 Å². The lowest BCUT2D eigenvalue weighted by Crippen LogP contribution is -2.30. The maximum atomic E-state index is 9.32. The molecule has 0 bridgehead atoms. The van der Waals surface area contributed by atoms with Gasteiger partial charge in [0.1, 0.15) is 6.23 Å². The van der Waals surface area contributed by atoms with Gasteiger partial charge in [-0.1, -0.05) is 45.4 Å². The Balaban J connectivity index is 1.75. The van der Waals surface area contributed by atoms with Crippen LogP contribution >= 0.6 is 11.8 Å². The van der Waals surface area contributed by atoms with Crippen LogP contribution in [0.3, 0.4) is 0 Å². The monoisotopic (exact) mass is 259 g/mol. The van der Waals surface area contributed by atoms with Crippen LogP contribution in [0.4, 0.5) is 0 Å². The summed E-state index contributed by atoms with van der Waals surface area (Å²) in [5, 5.41) is 12.5. The Labute approximate surface area is 111 Å². The molecular formula is C14H29NOS. The second-order valence-electron chi connectivity index (χ2n) is 5.15. The molecule has 0 aliphatic carbocycles. The van der Waals surface area contributed by atoms with Crippen LogP contribution in [0.2, 0.25) is 0 Å². The summed E-state index contributed by atoms with van der Waals surface area (Å²) in [5.41, 5.74) is 0. The first-order valence-electron chi connectivity index (χ1n) is 7.34. The van der Waals surface area contributed by atoms with Crippen molar-refractivity contribution in [1.82, 2.24) is 5.32 Å². The van der Waals surface area contributed by atoms with E-state index in [1.165, 1.54) is 56.5 Å². The van der Waals surface area contributed by atoms with Crippen LogP contribution in [-0.2, 0) is 0 Å². The van der Waals surface area contributed by atoms with Crippen molar-refractivity contribution in [2.24, 2.45) is 0 Å². The topological polar surface area (TPSA) is 32.3 Å². The molecule has 1 fully saturated rings. The van der Waals surface area contributed by atoms with Gasteiger partial charge in [0.05, 0.1) is 0 Å². The molecular weight excluding hydrogens is 230 g/mol. The molecule has 1 aliphatic heterocycles. The Hall–Kier alpha value is 0.270. The molecule has 3 heteroatoms. The zero-order chi connectivity index (χ0) is 12.3. The normalized spacial score (nSPS) is 24.4. The highest BCUT2D eigenvalue weighted by Gasteiger charge is 2.20. The van der Waals surface area contributed by atoms with Crippen LogP contribution in [-0.4, -0.2) is 28.9 Å². The summed E-state index contributed by atoms with van der Waals surface area (Å²) < 4.78 is 0. The second kappa shape index (κ2) is 10.2. The fourth-order valence-corrected chi connectivity index (χ4v) is 3.44. The molecule has 102 valence electrons. The first-order valence-corrected chi connectivity index (χ1v) is 8.50. The molecule has 0 saturated carbocycles. The predicted molar refractivity (Wildman–Crippen MR) is 77.5 cm³/mol. The van der Waals surface area contributed by atoms with Crippen LogP contribution in [0.15, 0.2) is 0 Å². The lowest BCUT2D eigenvalue weighted by Gasteiger charge is -2.10. The molecule has 1 heterocycles. The van der Waals surface area contributed by atoms with Crippen molar-refractivity contribution < 1.29 is 5.11 Å². The lowest BCUT2D eigenvalue weighted by atomic mass is 10.1. The maximum Gasteiger partial charge on any atom is 0.105 e. The van der Waals surface area contributed by atoms with Crippen molar-refractivity contribution in [3.63, 3.8) is 0 Å². The number of nitrogens with one attached hydrogen (secondary N) is 1. The zero-order valence-electron chi connectivity index (χ0n) is 11.3. The fraction of sp³-hybridized carbons (Fsp3) is 1.00. The van der Waals surface area contributed by atoms with E-state index >= 15 is 0 Å². The van der Waals surface area contributed by atoms with Crippen LogP contribution in [0, 0.1) is 0 Å². The highest BCUT2D eigenvalue weighted by Crippen LogP contribution is 2.16. The van der Waals surface area contributed by atoms with Crippen LogP contribution in [0.25, 0.3) is 0 Å². The van der Waals surface area contributed by atoms with Gasteiger partial charge in [0, 0.05) is 11.8 Å². The first-order chi connectivity index (χ1) is 8.33. The van der Waals surface area contributed by atoms with E-state index in [2.05, 4.69) is 12.2 Å². The number of aliphatic hydroxyl groups is 1. The first kappa shape index (κ1) is 15.3. The van der Waals surface area contributed by atoms with Gasteiger partial charge in [-0.05, 0) is 25.0 Å². The number of hydrogen-bond donors (Lipinski definition) is 2. The fourth-order valence-electron chi connectivity index (χ4n) is 2.32. The lowest BCUT2D eigenvalue weighted by molar-refractivity contribution is 0.156. The average molecular weight is 259 g/mol. The molecule has 0 aromatic carbocycles. The molecule has 0 aromatic heterocycles. The van der Waals surface area contributed by atoms with Crippen molar-refractivity contribution in [3.05, 3.63) is 0 Å². The van der Waals surface area contributed by atoms with E-state index in [-0.39, 0.29) is 6.23 Å². The summed E-state index contributed by atoms with van der Waals surface area (Å²) in [5.74, 6) is 2.47. The van der Waals surface area contributed by atoms with Crippen molar-refractivity contribution in [3.8, 4) is 0 Å². The van der Waals surface area contributed by atoms with Gasteiger partial charge < -0.3 is 5.11 Å². The number of rotatable bonds is 10. The minimum absolute atomic E-state index is 0.237. The molecule has 0 aromatic rings. The summed E-state index contributed by atoms with van der Waals surface area (Å²) in [6.07, 6.45) is 11.6. The number of unbranched alkanes of at least 4 members (excludes halogenated alkanes) is 6. The third-order valence-corrected chi connectivity index (χ3v) is 4.64. The number of hydrogen-bond acceptors (Lipinski definition) is 3. The maximum absolute atomic E-state index is 9.32. The van der Waals surface area contributed by atoms with Crippen molar-refractivity contribution >= 4 is 11.8 Å². The van der Waals surface area contributed by atoms with Crippen molar-refractivity contribution in [2.75, 3.05) is 11.5 Å². The smallest absolute Gasteiger partial charge is 0.105 e. The Morgan fingerprint density at radius 2 is 1.76 bits per heavy atom. The molecule has 2 atom stereocenters. The van der Waals surface area contributed by atoms with Gasteiger partial charge in [-0.2, -0.15) is 11.8 Å². The predicted octanol–water partition coefficient (Wildman–Crippen LogP) is 3.54. The summed E-state index contributed by atoms with van der Waals surface area (Å²) in [6.45, 7) is 2.27. The Kier molecular flexibility index (Phi) is 9.21. The summed E-state index contributed by atoms with van der Waals surface area (Å²) in [4.78, 5) is 0. The average Bonchev–Trinajstić information content (AvgIpc) is 2.73. The summed E-state index contributed by atoms with van der Waals surface area (Å²) in [6, 6.07) is 0.555. The third kappa shape index (κ3) is 8.06. The minimum atomic E-state index is -0.237. The Morgan fingerprint density at radius 1 is 1.06 bits per heavy atom. The molecule has 0 amide bonds. The van der Waals surface area contributed by atoms with Crippen molar-refractivity contribution in [2.45, 2.75) is 77.0 Å².